The highest BCUT2D eigenvalue weighted by Gasteiger charge is 2.33. The number of amides is 1. The fourth-order valence-corrected chi connectivity index (χ4v) is 4.08. The molecule has 1 fully saturated rings. The molecule has 1 saturated heterocycles. The Morgan fingerprint density at radius 2 is 1.76 bits per heavy atom. The van der Waals surface area contributed by atoms with Crippen molar-refractivity contribution >= 4 is 22.5 Å². The van der Waals surface area contributed by atoms with Gasteiger partial charge in [-0.1, -0.05) is 30.3 Å². The summed E-state index contributed by atoms with van der Waals surface area (Å²) in [7, 11) is 1.72. The van der Waals surface area contributed by atoms with Gasteiger partial charge in [-0.25, -0.2) is 4.68 Å². The molecule has 1 amide bonds. The van der Waals surface area contributed by atoms with E-state index in [1.54, 1.807) is 30.2 Å². The number of carbonyl (C=O) groups is 1. The maximum Gasteiger partial charge on any atom is 0.250 e. The summed E-state index contributed by atoms with van der Waals surface area (Å²) in [5.41, 5.74) is 3.71. The average molecular weight is 384 g/mol. The van der Waals surface area contributed by atoms with Crippen LogP contribution in [0.3, 0.4) is 0 Å². The Morgan fingerprint density at radius 3 is 2.55 bits per heavy atom. The van der Waals surface area contributed by atoms with E-state index in [0.717, 1.165) is 34.3 Å². The van der Waals surface area contributed by atoms with Gasteiger partial charge in [-0.3, -0.25) is 9.59 Å². The summed E-state index contributed by atoms with van der Waals surface area (Å²) in [5, 5.41) is 5.45. The normalized spacial score (nSPS) is 16.7. The number of hydrogen-bond acceptors (Lipinski definition) is 3. The van der Waals surface area contributed by atoms with E-state index in [1.807, 2.05) is 41.3 Å². The van der Waals surface area contributed by atoms with Gasteiger partial charge in [0, 0.05) is 36.8 Å². The molecule has 3 heterocycles. The number of fused-ring (bicyclic) bond motifs is 1. The van der Waals surface area contributed by atoms with E-state index in [4.69, 9.17) is 0 Å². The lowest BCUT2D eigenvalue weighted by Gasteiger charge is -2.25. The van der Waals surface area contributed by atoms with Crippen LogP contribution >= 0.6 is 0 Å². The number of rotatable bonds is 3. The average Bonchev–Trinajstić information content (AvgIpc) is 3.34. The van der Waals surface area contributed by atoms with Crippen LogP contribution < -0.4 is 10.5 Å². The first-order chi connectivity index (χ1) is 14.1. The second-order valence-corrected chi connectivity index (χ2v) is 7.36. The molecule has 2 aromatic heterocycles. The van der Waals surface area contributed by atoms with E-state index < -0.39 is 0 Å². The van der Waals surface area contributed by atoms with Crippen LogP contribution in [0.25, 0.3) is 16.6 Å². The van der Waals surface area contributed by atoms with Crippen LogP contribution in [0.5, 0.6) is 0 Å². The molecule has 4 aromatic rings. The molecule has 6 heteroatoms. The number of pyridine rings is 1. The van der Waals surface area contributed by atoms with Gasteiger partial charge in [0.2, 0.25) is 11.5 Å². The summed E-state index contributed by atoms with van der Waals surface area (Å²) < 4.78 is 3.34. The van der Waals surface area contributed by atoms with Crippen LogP contribution in [-0.2, 0) is 11.8 Å². The van der Waals surface area contributed by atoms with Gasteiger partial charge in [-0.15, -0.1) is 0 Å². The van der Waals surface area contributed by atoms with Crippen molar-refractivity contribution in [2.45, 2.75) is 18.9 Å². The van der Waals surface area contributed by atoms with Crippen molar-refractivity contribution in [1.82, 2.24) is 14.3 Å². The van der Waals surface area contributed by atoms with E-state index in [-0.39, 0.29) is 17.5 Å². The van der Waals surface area contributed by atoms with Gasteiger partial charge >= 0.3 is 0 Å². The van der Waals surface area contributed by atoms with Crippen molar-refractivity contribution in [3.05, 3.63) is 89.0 Å². The fraction of sp³-hybridized carbons (Fsp3) is 0.174. The predicted molar refractivity (Wildman–Crippen MR) is 112 cm³/mol. The first-order valence-corrected chi connectivity index (χ1v) is 9.64. The molecule has 2 aromatic carbocycles. The molecular weight excluding hydrogens is 364 g/mol. The van der Waals surface area contributed by atoms with Crippen molar-refractivity contribution in [3.8, 4) is 5.69 Å². The number of aromatic nitrogens is 3. The Labute approximate surface area is 167 Å². The van der Waals surface area contributed by atoms with Gasteiger partial charge in [-0.05, 0) is 36.2 Å². The Hall–Kier alpha value is -3.67. The van der Waals surface area contributed by atoms with Gasteiger partial charge in [0.25, 0.3) is 0 Å². The van der Waals surface area contributed by atoms with Crippen molar-refractivity contribution in [3.63, 3.8) is 0 Å². The molecule has 0 radical (unpaired) electrons. The Morgan fingerprint density at radius 1 is 0.966 bits per heavy atom. The zero-order chi connectivity index (χ0) is 20.0. The SMILES string of the molecule is Cn1cc(-n2ncc3cc(N4C(=O)CCC4c4ccccc4)ccc32)ccc1=O. The van der Waals surface area contributed by atoms with Crippen LogP contribution in [-0.4, -0.2) is 20.3 Å². The summed E-state index contributed by atoms with van der Waals surface area (Å²) in [4.78, 5) is 26.2. The summed E-state index contributed by atoms with van der Waals surface area (Å²) in [6, 6.07) is 19.5. The smallest absolute Gasteiger partial charge is 0.250 e. The number of benzene rings is 2. The van der Waals surface area contributed by atoms with Gasteiger partial charge in [0.1, 0.15) is 0 Å². The van der Waals surface area contributed by atoms with E-state index >= 15 is 0 Å². The molecule has 1 unspecified atom stereocenters. The van der Waals surface area contributed by atoms with E-state index in [9.17, 15) is 9.59 Å². The molecular formula is C23H20N4O2. The summed E-state index contributed by atoms with van der Waals surface area (Å²) in [6.45, 7) is 0. The predicted octanol–water partition coefficient (Wildman–Crippen LogP) is 3.59. The molecule has 1 aliphatic heterocycles. The summed E-state index contributed by atoms with van der Waals surface area (Å²) >= 11 is 0. The molecule has 0 spiro atoms. The minimum atomic E-state index is -0.0630. The molecule has 1 atom stereocenters. The lowest BCUT2D eigenvalue weighted by Crippen LogP contribution is -2.27. The number of nitrogens with zero attached hydrogens (tertiary/aromatic N) is 4. The number of carbonyl (C=O) groups excluding carboxylic acids is 1. The number of hydrogen-bond donors (Lipinski definition) is 0. The van der Waals surface area contributed by atoms with Gasteiger partial charge in [0.05, 0.1) is 23.4 Å². The Bertz CT molecular complexity index is 1270. The zero-order valence-electron chi connectivity index (χ0n) is 16.0. The Balaban J connectivity index is 1.56. The monoisotopic (exact) mass is 384 g/mol. The van der Waals surface area contributed by atoms with Crippen LogP contribution in [0.1, 0.15) is 24.4 Å². The van der Waals surface area contributed by atoms with Crippen molar-refractivity contribution in [2.24, 2.45) is 7.05 Å². The molecule has 0 N–H and O–H groups in total. The molecule has 144 valence electrons. The van der Waals surface area contributed by atoms with Crippen LogP contribution in [0.4, 0.5) is 5.69 Å². The van der Waals surface area contributed by atoms with Crippen molar-refractivity contribution in [2.75, 3.05) is 4.90 Å². The molecule has 29 heavy (non-hydrogen) atoms. The summed E-state index contributed by atoms with van der Waals surface area (Å²) in [5.74, 6) is 0.142. The largest absolute Gasteiger partial charge is 0.316 e. The first kappa shape index (κ1) is 17.4. The summed E-state index contributed by atoms with van der Waals surface area (Å²) in [6.07, 6.45) is 4.92. The van der Waals surface area contributed by atoms with Crippen molar-refractivity contribution < 1.29 is 4.79 Å². The quantitative estimate of drug-likeness (QED) is 0.542. The third kappa shape index (κ3) is 2.93. The maximum atomic E-state index is 12.7. The third-order valence-electron chi connectivity index (χ3n) is 5.54. The fourth-order valence-electron chi connectivity index (χ4n) is 4.08. The highest BCUT2D eigenvalue weighted by molar-refractivity contribution is 5.98. The van der Waals surface area contributed by atoms with E-state index in [1.165, 1.54) is 10.6 Å². The van der Waals surface area contributed by atoms with Crippen LogP contribution in [0.15, 0.2) is 77.9 Å². The van der Waals surface area contributed by atoms with E-state index in [2.05, 4.69) is 17.2 Å². The first-order valence-electron chi connectivity index (χ1n) is 9.64. The zero-order valence-corrected chi connectivity index (χ0v) is 16.0. The third-order valence-corrected chi connectivity index (χ3v) is 5.54. The lowest BCUT2D eigenvalue weighted by atomic mass is 10.0. The minimum Gasteiger partial charge on any atom is -0.316 e. The topological polar surface area (TPSA) is 60.1 Å². The number of aryl methyl sites for hydroxylation is 1. The molecule has 1 aliphatic rings. The molecule has 0 bridgehead atoms. The molecule has 5 rings (SSSR count). The Kier molecular flexibility index (Phi) is 4.05. The van der Waals surface area contributed by atoms with Gasteiger partial charge in [-0.2, -0.15) is 5.10 Å². The highest BCUT2D eigenvalue weighted by Crippen LogP contribution is 2.38. The van der Waals surface area contributed by atoms with Gasteiger partial charge in [0.15, 0.2) is 0 Å². The number of anilines is 1. The van der Waals surface area contributed by atoms with Gasteiger partial charge < -0.3 is 9.47 Å². The molecule has 0 saturated carbocycles. The van der Waals surface area contributed by atoms with Crippen LogP contribution in [0, 0.1) is 0 Å². The van der Waals surface area contributed by atoms with E-state index in [0.29, 0.717) is 6.42 Å². The minimum absolute atomic E-state index is 0.0554. The lowest BCUT2D eigenvalue weighted by molar-refractivity contribution is -0.117. The van der Waals surface area contributed by atoms with Crippen LogP contribution in [0.2, 0.25) is 0 Å². The highest BCUT2D eigenvalue weighted by atomic mass is 16.2. The molecule has 6 nitrogen and oxygen atoms in total. The second kappa shape index (κ2) is 6.74. The maximum absolute atomic E-state index is 12.7. The standard InChI is InChI=1S/C23H20N4O2/c1-25-15-19(8-11-22(25)28)27-21-9-7-18(13-17(21)14-24-27)26-20(10-12-23(26)29)16-5-3-2-4-6-16/h2-9,11,13-15,20H,10,12H2,1H3. The molecule has 0 aliphatic carbocycles. The second-order valence-electron chi connectivity index (χ2n) is 7.36. The van der Waals surface area contributed by atoms with Crippen molar-refractivity contribution in [1.29, 1.82) is 0 Å².